The third-order valence-corrected chi connectivity index (χ3v) is 2.89. The topological polar surface area (TPSA) is 56.7 Å². The first-order valence-corrected chi connectivity index (χ1v) is 5.88. The van der Waals surface area contributed by atoms with Gasteiger partial charge in [0, 0.05) is 12.5 Å². The Kier molecular flexibility index (Phi) is 3.00. The van der Waals surface area contributed by atoms with Crippen LogP contribution in [0.25, 0.3) is 0 Å². The quantitative estimate of drug-likeness (QED) is 0.772. The van der Waals surface area contributed by atoms with Gasteiger partial charge < -0.3 is 5.73 Å². The minimum atomic E-state index is 0.375. The maximum Gasteiger partial charge on any atom is 0.143 e. The summed E-state index contributed by atoms with van der Waals surface area (Å²) in [5.74, 6) is 0.591. The summed E-state index contributed by atoms with van der Waals surface area (Å²) in [7, 11) is 0. The SMILES string of the molecule is CCCCn1nnc(C(N)=S)c1C1CC1. The molecule has 0 aliphatic heterocycles. The predicted octanol–water partition coefficient (Wildman–Crippen LogP) is 1.59. The zero-order chi connectivity index (χ0) is 10.8. The second kappa shape index (κ2) is 4.26. The number of hydrogen-bond acceptors (Lipinski definition) is 3. The number of nitrogens with two attached hydrogens (primary N) is 1. The van der Waals surface area contributed by atoms with Crippen molar-refractivity contribution in [3.63, 3.8) is 0 Å². The molecule has 2 N–H and O–H groups in total. The minimum absolute atomic E-state index is 0.375. The zero-order valence-electron chi connectivity index (χ0n) is 8.94. The summed E-state index contributed by atoms with van der Waals surface area (Å²) in [4.78, 5) is 0.375. The average Bonchev–Trinajstić information content (AvgIpc) is 2.95. The van der Waals surface area contributed by atoms with E-state index in [2.05, 4.69) is 17.2 Å². The Morgan fingerprint density at radius 3 is 2.87 bits per heavy atom. The van der Waals surface area contributed by atoms with Crippen LogP contribution in [0, 0.1) is 0 Å². The molecule has 0 atom stereocenters. The molecule has 0 aromatic carbocycles. The molecule has 1 saturated carbocycles. The van der Waals surface area contributed by atoms with E-state index in [4.69, 9.17) is 18.0 Å². The highest BCUT2D eigenvalue weighted by atomic mass is 32.1. The molecule has 2 rings (SSSR count). The van der Waals surface area contributed by atoms with Crippen molar-refractivity contribution >= 4 is 17.2 Å². The first-order valence-electron chi connectivity index (χ1n) is 5.47. The Bertz CT molecular complexity index is 367. The minimum Gasteiger partial charge on any atom is -0.388 e. The highest BCUT2D eigenvalue weighted by Crippen LogP contribution is 2.41. The number of nitrogens with zero attached hydrogens (tertiary/aromatic N) is 3. The van der Waals surface area contributed by atoms with Gasteiger partial charge in [0.1, 0.15) is 10.7 Å². The normalized spacial score (nSPS) is 15.5. The molecule has 0 radical (unpaired) electrons. The lowest BCUT2D eigenvalue weighted by molar-refractivity contribution is 0.533. The summed E-state index contributed by atoms with van der Waals surface area (Å²) in [6, 6.07) is 0. The number of thiocarbonyl (C=S) groups is 1. The van der Waals surface area contributed by atoms with Crippen LogP contribution in [0.4, 0.5) is 0 Å². The fourth-order valence-electron chi connectivity index (χ4n) is 1.73. The summed E-state index contributed by atoms with van der Waals surface area (Å²) in [5.41, 5.74) is 7.54. The standard InChI is InChI=1S/C10H16N4S/c1-2-3-6-14-9(7-4-5-7)8(10(11)15)12-13-14/h7H,2-6H2,1H3,(H2,11,15). The van der Waals surface area contributed by atoms with Crippen LogP contribution < -0.4 is 5.73 Å². The van der Waals surface area contributed by atoms with Gasteiger partial charge in [0.2, 0.25) is 0 Å². The van der Waals surface area contributed by atoms with Crippen molar-refractivity contribution in [3.05, 3.63) is 11.4 Å². The van der Waals surface area contributed by atoms with Gasteiger partial charge in [-0.25, -0.2) is 4.68 Å². The Hall–Kier alpha value is -0.970. The van der Waals surface area contributed by atoms with Crippen molar-refractivity contribution in [1.29, 1.82) is 0 Å². The molecule has 0 amide bonds. The van der Waals surface area contributed by atoms with Gasteiger partial charge in [-0.05, 0) is 19.3 Å². The molecule has 1 aliphatic carbocycles. The van der Waals surface area contributed by atoms with E-state index < -0.39 is 0 Å². The van der Waals surface area contributed by atoms with Crippen LogP contribution in [0.5, 0.6) is 0 Å². The van der Waals surface area contributed by atoms with E-state index in [1.165, 1.54) is 12.8 Å². The van der Waals surface area contributed by atoms with Crippen molar-refractivity contribution in [3.8, 4) is 0 Å². The van der Waals surface area contributed by atoms with Gasteiger partial charge in [-0.1, -0.05) is 30.8 Å². The van der Waals surface area contributed by atoms with Crippen molar-refractivity contribution in [2.45, 2.75) is 45.1 Å². The van der Waals surface area contributed by atoms with Crippen molar-refractivity contribution in [1.82, 2.24) is 15.0 Å². The van der Waals surface area contributed by atoms with Crippen molar-refractivity contribution < 1.29 is 0 Å². The second-order valence-corrected chi connectivity index (χ2v) is 4.48. The Morgan fingerprint density at radius 2 is 2.33 bits per heavy atom. The summed E-state index contributed by atoms with van der Waals surface area (Å²) >= 11 is 4.98. The largest absolute Gasteiger partial charge is 0.388 e. The molecule has 1 aliphatic rings. The van der Waals surface area contributed by atoms with Gasteiger partial charge in [-0.15, -0.1) is 5.10 Å². The third kappa shape index (κ3) is 2.17. The fraction of sp³-hybridized carbons (Fsp3) is 0.700. The van der Waals surface area contributed by atoms with Gasteiger partial charge in [0.15, 0.2) is 0 Å². The molecule has 15 heavy (non-hydrogen) atoms. The van der Waals surface area contributed by atoms with Crippen LogP contribution in [-0.2, 0) is 6.54 Å². The van der Waals surface area contributed by atoms with E-state index >= 15 is 0 Å². The summed E-state index contributed by atoms with van der Waals surface area (Å²) in [6.45, 7) is 3.10. The van der Waals surface area contributed by atoms with Crippen LogP contribution in [-0.4, -0.2) is 20.0 Å². The second-order valence-electron chi connectivity index (χ2n) is 4.04. The van der Waals surface area contributed by atoms with E-state index in [1.54, 1.807) is 0 Å². The molecule has 82 valence electrons. The van der Waals surface area contributed by atoms with Gasteiger partial charge in [-0.2, -0.15) is 0 Å². The number of aromatic nitrogens is 3. The molecular formula is C10H16N4S. The zero-order valence-corrected chi connectivity index (χ0v) is 9.76. The first-order chi connectivity index (χ1) is 7.24. The maximum absolute atomic E-state index is 5.64. The monoisotopic (exact) mass is 224 g/mol. The fourth-order valence-corrected chi connectivity index (χ4v) is 1.88. The summed E-state index contributed by atoms with van der Waals surface area (Å²) in [5, 5.41) is 8.21. The van der Waals surface area contributed by atoms with E-state index in [-0.39, 0.29) is 0 Å². The Labute approximate surface area is 94.8 Å². The van der Waals surface area contributed by atoms with Crippen LogP contribution in [0.15, 0.2) is 0 Å². The van der Waals surface area contributed by atoms with Crippen LogP contribution >= 0.6 is 12.2 Å². The molecule has 1 heterocycles. The molecule has 0 saturated heterocycles. The molecule has 1 aromatic heterocycles. The van der Waals surface area contributed by atoms with Gasteiger partial charge in [-0.3, -0.25) is 0 Å². The Balaban J connectivity index is 2.25. The molecule has 1 aromatic rings. The summed E-state index contributed by atoms with van der Waals surface area (Å²) < 4.78 is 1.98. The van der Waals surface area contributed by atoms with E-state index in [9.17, 15) is 0 Å². The van der Waals surface area contributed by atoms with Crippen LogP contribution in [0.3, 0.4) is 0 Å². The van der Waals surface area contributed by atoms with Crippen molar-refractivity contribution in [2.75, 3.05) is 0 Å². The lowest BCUT2D eigenvalue weighted by Crippen LogP contribution is -2.13. The van der Waals surface area contributed by atoms with E-state index in [1.807, 2.05) is 4.68 Å². The van der Waals surface area contributed by atoms with E-state index in [0.717, 1.165) is 30.8 Å². The van der Waals surface area contributed by atoms with Crippen LogP contribution in [0.1, 0.15) is 49.9 Å². The van der Waals surface area contributed by atoms with Crippen LogP contribution in [0.2, 0.25) is 0 Å². The van der Waals surface area contributed by atoms with Crippen molar-refractivity contribution in [2.24, 2.45) is 5.73 Å². The van der Waals surface area contributed by atoms with Gasteiger partial charge in [0.05, 0.1) is 5.69 Å². The molecule has 1 fully saturated rings. The smallest absolute Gasteiger partial charge is 0.143 e. The highest BCUT2D eigenvalue weighted by Gasteiger charge is 2.31. The lowest BCUT2D eigenvalue weighted by atomic mass is 10.2. The van der Waals surface area contributed by atoms with Gasteiger partial charge in [0.25, 0.3) is 0 Å². The lowest BCUT2D eigenvalue weighted by Gasteiger charge is -2.05. The third-order valence-electron chi connectivity index (χ3n) is 2.69. The van der Waals surface area contributed by atoms with Gasteiger partial charge >= 0.3 is 0 Å². The molecule has 0 bridgehead atoms. The number of rotatable bonds is 5. The average molecular weight is 224 g/mol. The molecule has 0 unspecified atom stereocenters. The molecule has 5 heteroatoms. The van der Waals surface area contributed by atoms with E-state index in [0.29, 0.717) is 10.9 Å². The highest BCUT2D eigenvalue weighted by molar-refractivity contribution is 7.80. The number of hydrogen-bond donors (Lipinski definition) is 1. The maximum atomic E-state index is 5.64. The first kappa shape index (κ1) is 10.5. The molecule has 4 nitrogen and oxygen atoms in total. The Morgan fingerprint density at radius 1 is 1.60 bits per heavy atom. The predicted molar refractivity (Wildman–Crippen MR) is 62.8 cm³/mol. The summed E-state index contributed by atoms with van der Waals surface area (Å²) in [6.07, 6.45) is 4.72. The molecular weight excluding hydrogens is 208 g/mol. The number of unbranched alkanes of at least 4 members (excludes halogenated alkanes) is 1. The molecule has 0 spiro atoms. The number of aryl methyl sites for hydroxylation is 1.